The largest absolute Gasteiger partial charge is 0.494 e. The first-order valence-corrected chi connectivity index (χ1v) is 8.81. The van der Waals surface area contributed by atoms with E-state index in [0.29, 0.717) is 37.6 Å². The number of carbonyl (C=O) groups excluding carboxylic acids is 2. The highest BCUT2D eigenvalue weighted by Gasteiger charge is 2.31. The standard InChI is InChI=1S/C19H25NO6/c1-13(21)14-6-8-16(9-7-14)26-11-3-5-17(22)20-18(19(23)24)15-4-2-10-25-12-15/h6-9,15,18H,2-5,10-12H2,1H3,(H,20,22)(H,23,24). The highest BCUT2D eigenvalue weighted by Crippen LogP contribution is 2.18. The molecule has 26 heavy (non-hydrogen) atoms. The van der Waals surface area contributed by atoms with E-state index in [2.05, 4.69) is 5.32 Å². The van der Waals surface area contributed by atoms with Gasteiger partial charge in [-0.2, -0.15) is 0 Å². The van der Waals surface area contributed by atoms with E-state index in [4.69, 9.17) is 9.47 Å². The molecule has 0 bridgehead atoms. The van der Waals surface area contributed by atoms with E-state index >= 15 is 0 Å². The molecule has 0 saturated carbocycles. The van der Waals surface area contributed by atoms with Crippen LogP contribution in [0.2, 0.25) is 0 Å². The number of ether oxygens (including phenoxy) is 2. The number of Topliss-reactive ketones (excluding diaryl/α,β-unsaturated/α-hetero) is 1. The van der Waals surface area contributed by atoms with Gasteiger partial charge in [0.2, 0.25) is 5.91 Å². The van der Waals surface area contributed by atoms with Gasteiger partial charge in [-0.1, -0.05) is 0 Å². The quantitative estimate of drug-likeness (QED) is 0.514. The van der Waals surface area contributed by atoms with Crippen LogP contribution in [0.15, 0.2) is 24.3 Å². The summed E-state index contributed by atoms with van der Waals surface area (Å²) in [5.41, 5.74) is 0.614. The van der Waals surface area contributed by atoms with Gasteiger partial charge in [-0.15, -0.1) is 0 Å². The van der Waals surface area contributed by atoms with Crippen LogP contribution in [-0.4, -0.2) is 48.6 Å². The Morgan fingerprint density at radius 3 is 2.62 bits per heavy atom. The summed E-state index contributed by atoms with van der Waals surface area (Å²) in [6.07, 6.45) is 2.19. The third kappa shape index (κ3) is 6.15. The molecule has 2 unspecified atom stereocenters. The molecular weight excluding hydrogens is 338 g/mol. The van der Waals surface area contributed by atoms with Gasteiger partial charge in [0.15, 0.2) is 5.78 Å². The fraction of sp³-hybridized carbons (Fsp3) is 0.526. The maximum Gasteiger partial charge on any atom is 0.326 e. The van der Waals surface area contributed by atoms with E-state index < -0.39 is 12.0 Å². The van der Waals surface area contributed by atoms with Gasteiger partial charge in [0, 0.05) is 24.5 Å². The fourth-order valence-electron chi connectivity index (χ4n) is 2.86. The van der Waals surface area contributed by atoms with Crippen molar-refractivity contribution in [2.75, 3.05) is 19.8 Å². The zero-order valence-electron chi connectivity index (χ0n) is 14.9. The number of benzene rings is 1. The third-order valence-corrected chi connectivity index (χ3v) is 4.33. The molecule has 1 aromatic carbocycles. The molecule has 7 nitrogen and oxygen atoms in total. The summed E-state index contributed by atoms with van der Waals surface area (Å²) >= 11 is 0. The minimum atomic E-state index is -1.03. The molecule has 0 radical (unpaired) electrons. The Balaban J connectivity index is 1.71. The van der Waals surface area contributed by atoms with Crippen LogP contribution in [0.3, 0.4) is 0 Å². The summed E-state index contributed by atoms with van der Waals surface area (Å²) in [4.78, 5) is 34.6. The van der Waals surface area contributed by atoms with Crippen molar-refractivity contribution < 1.29 is 29.0 Å². The monoisotopic (exact) mass is 363 g/mol. The zero-order valence-corrected chi connectivity index (χ0v) is 14.9. The number of amides is 1. The van der Waals surface area contributed by atoms with Crippen molar-refractivity contribution in [2.45, 2.75) is 38.6 Å². The molecule has 1 aliphatic heterocycles. The van der Waals surface area contributed by atoms with Crippen molar-refractivity contribution in [3.63, 3.8) is 0 Å². The number of rotatable bonds is 9. The Labute approximate surface area is 152 Å². The van der Waals surface area contributed by atoms with Crippen molar-refractivity contribution in [3.05, 3.63) is 29.8 Å². The lowest BCUT2D eigenvalue weighted by Gasteiger charge is -2.28. The maximum absolute atomic E-state index is 12.0. The topological polar surface area (TPSA) is 102 Å². The molecule has 2 N–H and O–H groups in total. The lowest BCUT2D eigenvalue weighted by molar-refractivity contribution is -0.145. The number of carboxylic acids is 1. The third-order valence-electron chi connectivity index (χ3n) is 4.33. The molecule has 0 spiro atoms. The van der Waals surface area contributed by atoms with E-state index in [1.54, 1.807) is 24.3 Å². The van der Waals surface area contributed by atoms with Crippen LogP contribution < -0.4 is 10.1 Å². The first-order valence-electron chi connectivity index (χ1n) is 8.81. The van der Waals surface area contributed by atoms with Gasteiger partial charge < -0.3 is 19.9 Å². The minimum Gasteiger partial charge on any atom is -0.494 e. The second kappa shape index (κ2) is 9.91. The van der Waals surface area contributed by atoms with Crippen LogP contribution in [0.5, 0.6) is 5.75 Å². The first-order chi connectivity index (χ1) is 12.5. The highest BCUT2D eigenvalue weighted by atomic mass is 16.5. The molecule has 2 atom stereocenters. The molecule has 7 heteroatoms. The molecule has 1 aromatic rings. The van der Waals surface area contributed by atoms with Gasteiger partial charge in [0.05, 0.1) is 13.2 Å². The first kappa shape index (κ1) is 19.9. The summed E-state index contributed by atoms with van der Waals surface area (Å²) in [6, 6.07) is 5.88. The van der Waals surface area contributed by atoms with Gasteiger partial charge in [-0.25, -0.2) is 4.79 Å². The van der Waals surface area contributed by atoms with Gasteiger partial charge in [0.25, 0.3) is 0 Å². The van der Waals surface area contributed by atoms with Gasteiger partial charge in [-0.3, -0.25) is 9.59 Å². The Bertz CT molecular complexity index is 621. The lowest BCUT2D eigenvalue weighted by Crippen LogP contribution is -2.48. The van der Waals surface area contributed by atoms with E-state index in [1.165, 1.54) is 6.92 Å². The molecule has 1 amide bonds. The molecule has 2 rings (SSSR count). The van der Waals surface area contributed by atoms with Gasteiger partial charge >= 0.3 is 5.97 Å². The van der Waals surface area contributed by atoms with Gasteiger partial charge in [0.1, 0.15) is 11.8 Å². The summed E-state index contributed by atoms with van der Waals surface area (Å²) in [7, 11) is 0. The Morgan fingerprint density at radius 2 is 2.04 bits per heavy atom. The van der Waals surface area contributed by atoms with Crippen molar-refractivity contribution in [2.24, 2.45) is 5.92 Å². The minimum absolute atomic E-state index is 0.00966. The van der Waals surface area contributed by atoms with Crippen molar-refractivity contribution in [1.29, 1.82) is 0 Å². The Morgan fingerprint density at radius 1 is 1.31 bits per heavy atom. The highest BCUT2D eigenvalue weighted by molar-refractivity contribution is 5.94. The van der Waals surface area contributed by atoms with Crippen LogP contribution in [0.1, 0.15) is 43.0 Å². The van der Waals surface area contributed by atoms with Crippen LogP contribution in [-0.2, 0) is 14.3 Å². The molecule has 1 aliphatic rings. The van der Waals surface area contributed by atoms with E-state index in [-0.39, 0.29) is 24.0 Å². The summed E-state index contributed by atoms with van der Waals surface area (Å²) in [6.45, 7) is 2.83. The Hall–Kier alpha value is -2.41. The average Bonchev–Trinajstić information content (AvgIpc) is 2.64. The second-order valence-electron chi connectivity index (χ2n) is 6.39. The number of hydrogen-bond donors (Lipinski definition) is 2. The number of nitrogens with one attached hydrogen (secondary N) is 1. The summed E-state index contributed by atoms with van der Waals surface area (Å²) < 4.78 is 10.8. The number of hydrogen-bond acceptors (Lipinski definition) is 5. The van der Waals surface area contributed by atoms with Crippen LogP contribution in [0.4, 0.5) is 0 Å². The molecule has 1 fully saturated rings. The number of aliphatic carboxylic acids is 1. The number of carbonyl (C=O) groups is 3. The predicted octanol–water partition coefficient (Wildman–Crippen LogP) is 2.04. The number of carboxylic acid groups (broad SMARTS) is 1. The molecule has 1 saturated heterocycles. The molecular formula is C19H25NO6. The number of ketones is 1. The van der Waals surface area contributed by atoms with Crippen molar-refractivity contribution in [3.8, 4) is 5.75 Å². The van der Waals surface area contributed by atoms with E-state index in [1.807, 2.05) is 0 Å². The van der Waals surface area contributed by atoms with E-state index in [9.17, 15) is 19.5 Å². The predicted molar refractivity (Wildman–Crippen MR) is 94.3 cm³/mol. The van der Waals surface area contributed by atoms with Crippen LogP contribution in [0, 0.1) is 5.92 Å². The van der Waals surface area contributed by atoms with Crippen molar-refractivity contribution >= 4 is 17.7 Å². The zero-order chi connectivity index (χ0) is 18.9. The summed E-state index contributed by atoms with van der Waals surface area (Å²) in [5.74, 6) is -0.918. The normalized spacial score (nSPS) is 18.0. The SMILES string of the molecule is CC(=O)c1ccc(OCCCC(=O)NC(C(=O)O)C2CCCOC2)cc1. The van der Waals surface area contributed by atoms with Crippen LogP contribution in [0.25, 0.3) is 0 Å². The van der Waals surface area contributed by atoms with Crippen molar-refractivity contribution in [1.82, 2.24) is 5.32 Å². The molecule has 142 valence electrons. The van der Waals surface area contributed by atoms with Crippen LogP contribution >= 0.6 is 0 Å². The second-order valence-corrected chi connectivity index (χ2v) is 6.39. The fourth-order valence-corrected chi connectivity index (χ4v) is 2.86. The molecule has 1 heterocycles. The maximum atomic E-state index is 12.0. The smallest absolute Gasteiger partial charge is 0.326 e. The van der Waals surface area contributed by atoms with Gasteiger partial charge in [-0.05, 0) is 50.5 Å². The van der Waals surface area contributed by atoms with E-state index in [0.717, 1.165) is 12.8 Å². The lowest BCUT2D eigenvalue weighted by atomic mass is 9.93. The summed E-state index contributed by atoms with van der Waals surface area (Å²) in [5, 5.41) is 11.9. The average molecular weight is 363 g/mol. The molecule has 0 aromatic heterocycles. The Kier molecular flexibility index (Phi) is 7.59. The molecule has 0 aliphatic carbocycles.